The van der Waals surface area contributed by atoms with E-state index in [4.69, 9.17) is 11.6 Å². The molecule has 0 amide bonds. The van der Waals surface area contributed by atoms with Gasteiger partial charge in [-0.3, -0.25) is 0 Å². The number of aromatic hydroxyl groups is 1. The van der Waals surface area contributed by atoms with Crippen molar-refractivity contribution in [3.05, 3.63) is 58.6 Å². The normalized spacial score (nSPS) is 12.2. The molecule has 0 saturated carbocycles. The van der Waals surface area contributed by atoms with Crippen molar-refractivity contribution >= 4 is 17.3 Å². The van der Waals surface area contributed by atoms with Gasteiger partial charge in [0.25, 0.3) is 0 Å². The Labute approximate surface area is 112 Å². The molecule has 94 valence electrons. The summed E-state index contributed by atoms with van der Waals surface area (Å²) in [7, 11) is 0. The fraction of sp³-hybridized carbons (Fsp3) is 0.200. The monoisotopic (exact) mass is 261 g/mol. The number of benzene rings is 2. The molecular formula is C15H16ClNO. The first-order valence-electron chi connectivity index (χ1n) is 5.89. The van der Waals surface area contributed by atoms with Crippen LogP contribution in [0.3, 0.4) is 0 Å². The Morgan fingerprint density at radius 3 is 2.50 bits per heavy atom. The summed E-state index contributed by atoms with van der Waals surface area (Å²) in [5, 5.41) is 13.9. The summed E-state index contributed by atoms with van der Waals surface area (Å²) in [4.78, 5) is 0. The van der Waals surface area contributed by atoms with Crippen LogP contribution in [-0.4, -0.2) is 5.11 Å². The highest BCUT2D eigenvalue weighted by molar-refractivity contribution is 6.33. The SMILES string of the molecule is Cc1cccc(Cl)c1NC(C)c1ccccc1O. The zero-order chi connectivity index (χ0) is 13.1. The van der Waals surface area contributed by atoms with Crippen molar-refractivity contribution in [2.24, 2.45) is 0 Å². The molecule has 18 heavy (non-hydrogen) atoms. The van der Waals surface area contributed by atoms with E-state index in [0.29, 0.717) is 10.8 Å². The Bertz CT molecular complexity index is 534. The highest BCUT2D eigenvalue weighted by Gasteiger charge is 2.12. The highest BCUT2D eigenvalue weighted by atomic mass is 35.5. The molecule has 0 aliphatic carbocycles. The second-order valence-electron chi connectivity index (χ2n) is 4.36. The molecule has 0 radical (unpaired) electrons. The molecule has 2 aromatic rings. The Morgan fingerprint density at radius 1 is 1.11 bits per heavy atom. The van der Waals surface area contributed by atoms with Crippen molar-refractivity contribution in [2.45, 2.75) is 19.9 Å². The zero-order valence-corrected chi connectivity index (χ0v) is 11.2. The van der Waals surface area contributed by atoms with Crippen LogP contribution >= 0.6 is 11.6 Å². The van der Waals surface area contributed by atoms with Gasteiger partial charge in [-0.15, -0.1) is 0 Å². The lowest BCUT2D eigenvalue weighted by atomic mass is 10.1. The number of anilines is 1. The topological polar surface area (TPSA) is 32.3 Å². The summed E-state index contributed by atoms with van der Waals surface area (Å²) < 4.78 is 0. The smallest absolute Gasteiger partial charge is 0.120 e. The number of para-hydroxylation sites is 2. The zero-order valence-electron chi connectivity index (χ0n) is 10.4. The van der Waals surface area contributed by atoms with Crippen molar-refractivity contribution < 1.29 is 5.11 Å². The molecule has 0 spiro atoms. The van der Waals surface area contributed by atoms with Gasteiger partial charge >= 0.3 is 0 Å². The Hall–Kier alpha value is -1.67. The van der Waals surface area contributed by atoms with Crippen LogP contribution in [0.1, 0.15) is 24.1 Å². The maximum atomic E-state index is 9.82. The Kier molecular flexibility index (Phi) is 3.78. The molecule has 2 N–H and O–H groups in total. The summed E-state index contributed by atoms with van der Waals surface area (Å²) in [5.41, 5.74) is 2.86. The maximum Gasteiger partial charge on any atom is 0.120 e. The van der Waals surface area contributed by atoms with Gasteiger partial charge in [-0.25, -0.2) is 0 Å². The van der Waals surface area contributed by atoms with E-state index in [1.165, 1.54) is 0 Å². The predicted octanol–water partition coefficient (Wildman–Crippen LogP) is 4.53. The van der Waals surface area contributed by atoms with E-state index in [9.17, 15) is 5.11 Å². The first-order valence-corrected chi connectivity index (χ1v) is 6.27. The number of phenols is 1. The largest absolute Gasteiger partial charge is 0.508 e. The van der Waals surface area contributed by atoms with Crippen LogP contribution in [0.15, 0.2) is 42.5 Å². The van der Waals surface area contributed by atoms with E-state index in [0.717, 1.165) is 16.8 Å². The van der Waals surface area contributed by atoms with E-state index in [1.807, 2.05) is 50.2 Å². The third kappa shape index (κ3) is 2.59. The van der Waals surface area contributed by atoms with Crippen molar-refractivity contribution in [3.8, 4) is 5.75 Å². The molecule has 3 heteroatoms. The van der Waals surface area contributed by atoms with E-state index >= 15 is 0 Å². The van der Waals surface area contributed by atoms with Crippen LogP contribution in [-0.2, 0) is 0 Å². The first-order chi connectivity index (χ1) is 8.59. The number of phenolic OH excluding ortho intramolecular Hbond substituents is 1. The average molecular weight is 262 g/mol. The predicted molar refractivity (Wildman–Crippen MR) is 76.3 cm³/mol. The summed E-state index contributed by atoms with van der Waals surface area (Å²) >= 11 is 6.18. The van der Waals surface area contributed by atoms with Crippen LogP contribution in [0.4, 0.5) is 5.69 Å². The van der Waals surface area contributed by atoms with Crippen LogP contribution in [0.25, 0.3) is 0 Å². The molecule has 0 saturated heterocycles. The van der Waals surface area contributed by atoms with Crippen molar-refractivity contribution in [1.82, 2.24) is 0 Å². The third-order valence-electron chi connectivity index (χ3n) is 2.99. The number of hydrogen-bond donors (Lipinski definition) is 2. The second-order valence-corrected chi connectivity index (χ2v) is 4.76. The van der Waals surface area contributed by atoms with Crippen molar-refractivity contribution in [2.75, 3.05) is 5.32 Å². The van der Waals surface area contributed by atoms with Crippen LogP contribution in [0.2, 0.25) is 5.02 Å². The summed E-state index contributed by atoms with van der Waals surface area (Å²) in [6.07, 6.45) is 0. The molecular weight excluding hydrogens is 246 g/mol. The van der Waals surface area contributed by atoms with E-state index in [1.54, 1.807) is 6.07 Å². The maximum absolute atomic E-state index is 9.82. The molecule has 1 unspecified atom stereocenters. The lowest BCUT2D eigenvalue weighted by Gasteiger charge is -2.19. The minimum Gasteiger partial charge on any atom is -0.508 e. The minimum absolute atomic E-state index is 0.00944. The summed E-state index contributed by atoms with van der Waals surface area (Å²) in [5.74, 6) is 0.294. The standard InChI is InChI=1S/C15H16ClNO/c1-10-6-5-8-13(16)15(10)17-11(2)12-7-3-4-9-14(12)18/h3-9,11,17-18H,1-2H3. The van der Waals surface area contributed by atoms with Crippen molar-refractivity contribution in [3.63, 3.8) is 0 Å². The van der Waals surface area contributed by atoms with Crippen LogP contribution < -0.4 is 5.32 Å². The number of nitrogens with one attached hydrogen (secondary N) is 1. The molecule has 0 heterocycles. The number of halogens is 1. The first kappa shape index (κ1) is 12.8. The number of hydrogen-bond acceptors (Lipinski definition) is 2. The fourth-order valence-electron chi connectivity index (χ4n) is 1.96. The second kappa shape index (κ2) is 5.32. The van der Waals surface area contributed by atoms with Gasteiger partial charge in [0.2, 0.25) is 0 Å². The molecule has 0 aliphatic rings. The number of aryl methyl sites for hydroxylation is 1. The molecule has 0 aromatic heterocycles. The molecule has 0 aliphatic heterocycles. The lowest BCUT2D eigenvalue weighted by molar-refractivity contribution is 0.465. The molecule has 0 bridgehead atoms. The van der Waals surface area contributed by atoms with Crippen molar-refractivity contribution in [1.29, 1.82) is 0 Å². The molecule has 2 nitrogen and oxygen atoms in total. The van der Waals surface area contributed by atoms with Gasteiger partial charge in [0.15, 0.2) is 0 Å². The Morgan fingerprint density at radius 2 is 1.83 bits per heavy atom. The van der Waals surface area contributed by atoms with Gasteiger partial charge in [0.1, 0.15) is 5.75 Å². The van der Waals surface area contributed by atoms with Gasteiger partial charge in [0.05, 0.1) is 16.8 Å². The van der Waals surface area contributed by atoms with Crippen LogP contribution in [0.5, 0.6) is 5.75 Å². The minimum atomic E-state index is -0.00944. The van der Waals surface area contributed by atoms with Gasteiger partial charge in [-0.05, 0) is 31.5 Å². The van der Waals surface area contributed by atoms with Gasteiger partial charge in [0, 0.05) is 5.56 Å². The van der Waals surface area contributed by atoms with Gasteiger partial charge < -0.3 is 10.4 Å². The lowest BCUT2D eigenvalue weighted by Crippen LogP contribution is -2.08. The van der Waals surface area contributed by atoms with E-state index in [-0.39, 0.29) is 6.04 Å². The van der Waals surface area contributed by atoms with Crippen LogP contribution in [0, 0.1) is 6.92 Å². The highest BCUT2D eigenvalue weighted by Crippen LogP contribution is 2.31. The molecule has 1 atom stereocenters. The fourth-order valence-corrected chi connectivity index (χ4v) is 2.24. The summed E-state index contributed by atoms with van der Waals surface area (Å²) in [6.45, 7) is 4.00. The third-order valence-corrected chi connectivity index (χ3v) is 3.30. The average Bonchev–Trinajstić information content (AvgIpc) is 2.34. The van der Waals surface area contributed by atoms with E-state index < -0.39 is 0 Å². The summed E-state index contributed by atoms with van der Waals surface area (Å²) in [6, 6.07) is 13.1. The molecule has 0 fully saturated rings. The quantitative estimate of drug-likeness (QED) is 0.851. The Balaban J connectivity index is 2.27. The number of rotatable bonds is 3. The van der Waals surface area contributed by atoms with Gasteiger partial charge in [-0.2, -0.15) is 0 Å². The molecule has 2 aromatic carbocycles. The van der Waals surface area contributed by atoms with Gasteiger partial charge in [-0.1, -0.05) is 41.9 Å². The molecule has 2 rings (SSSR count). The van der Waals surface area contributed by atoms with E-state index in [2.05, 4.69) is 5.32 Å².